The van der Waals surface area contributed by atoms with Gasteiger partial charge in [-0.25, -0.2) is 0 Å². The first kappa shape index (κ1) is 14.6. The lowest BCUT2D eigenvalue weighted by Gasteiger charge is -2.21. The van der Waals surface area contributed by atoms with Gasteiger partial charge in [-0.2, -0.15) is 0 Å². The first-order chi connectivity index (χ1) is 9.49. The third-order valence-corrected chi connectivity index (χ3v) is 4.08. The van der Waals surface area contributed by atoms with Crippen LogP contribution in [0.2, 0.25) is 0 Å². The van der Waals surface area contributed by atoms with Crippen molar-refractivity contribution in [3.05, 3.63) is 63.6 Å². The monoisotopic (exact) mass is 331 g/mol. The van der Waals surface area contributed by atoms with E-state index in [-0.39, 0.29) is 5.84 Å². The van der Waals surface area contributed by atoms with Gasteiger partial charge in [-0.3, -0.25) is 5.41 Å². The lowest BCUT2D eigenvalue weighted by Crippen LogP contribution is -2.18. The van der Waals surface area contributed by atoms with Gasteiger partial charge in [0.05, 0.1) is 0 Å². The summed E-state index contributed by atoms with van der Waals surface area (Å²) in [4.78, 5) is 2.18. The summed E-state index contributed by atoms with van der Waals surface area (Å²) in [5.41, 5.74) is 9.72. The van der Waals surface area contributed by atoms with Crippen molar-refractivity contribution in [1.82, 2.24) is 0 Å². The number of anilines is 1. The SMILES string of the molecule is Cc1cc(N(C)Cc2ccccc2Br)ccc1C(=N)N. The fourth-order valence-corrected chi connectivity index (χ4v) is 2.57. The van der Waals surface area contributed by atoms with E-state index in [2.05, 4.69) is 40.0 Å². The first-order valence-corrected chi connectivity index (χ1v) is 7.18. The van der Waals surface area contributed by atoms with Gasteiger partial charge >= 0.3 is 0 Å². The number of halogens is 1. The molecule has 20 heavy (non-hydrogen) atoms. The molecule has 0 aliphatic rings. The molecule has 0 heterocycles. The Labute approximate surface area is 128 Å². The molecule has 0 unspecified atom stereocenters. The standard InChI is InChI=1S/C16H18BrN3/c1-11-9-13(7-8-14(11)16(18)19)20(2)10-12-5-3-4-6-15(12)17/h3-9H,10H2,1-2H3,(H3,18,19). The van der Waals surface area contributed by atoms with E-state index in [9.17, 15) is 0 Å². The molecule has 0 aliphatic carbocycles. The van der Waals surface area contributed by atoms with Crippen LogP contribution in [0.15, 0.2) is 46.9 Å². The molecule has 0 aliphatic heterocycles. The minimum absolute atomic E-state index is 0.113. The number of aryl methyl sites for hydroxylation is 1. The maximum Gasteiger partial charge on any atom is 0.123 e. The average molecular weight is 332 g/mol. The normalized spacial score (nSPS) is 10.3. The van der Waals surface area contributed by atoms with Crippen LogP contribution in [0.25, 0.3) is 0 Å². The summed E-state index contributed by atoms with van der Waals surface area (Å²) in [5.74, 6) is 0.113. The molecule has 2 aromatic rings. The summed E-state index contributed by atoms with van der Waals surface area (Å²) in [6.45, 7) is 2.80. The van der Waals surface area contributed by atoms with Gasteiger partial charge in [-0.1, -0.05) is 34.1 Å². The molecule has 4 heteroatoms. The van der Waals surface area contributed by atoms with Crippen molar-refractivity contribution in [3.63, 3.8) is 0 Å². The Kier molecular flexibility index (Phi) is 4.45. The highest BCUT2D eigenvalue weighted by atomic mass is 79.9. The highest BCUT2D eigenvalue weighted by Crippen LogP contribution is 2.22. The quantitative estimate of drug-likeness (QED) is 0.663. The second-order valence-electron chi connectivity index (χ2n) is 4.86. The van der Waals surface area contributed by atoms with Crippen LogP contribution >= 0.6 is 15.9 Å². The van der Waals surface area contributed by atoms with Crippen LogP contribution in [0.5, 0.6) is 0 Å². The lowest BCUT2D eigenvalue weighted by atomic mass is 10.1. The predicted molar refractivity (Wildman–Crippen MR) is 88.4 cm³/mol. The van der Waals surface area contributed by atoms with Crippen LogP contribution in [0.4, 0.5) is 5.69 Å². The van der Waals surface area contributed by atoms with Gasteiger partial charge in [0.2, 0.25) is 0 Å². The third kappa shape index (κ3) is 3.20. The number of benzene rings is 2. The third-order valence-electron chi connectivity index (χ3n) is 3.31. The molecular weight excluding hydrogens is 314 g/mol. The zero-order valence-corrected chi connectivity index (χ0v) is 13.2. The Hall–Kier alpha value is -1.81. The van der Waals surface area contributed by atoms with Crippen LogP contribution in [-0.4, -0.2) is 12.9 Å². The molecule has 0 saturated heterocycles. The maximum absolute atomic E-state index is 7.52. The van der Waals surface area contributed by atoms with E-state index in [4.69, 9.17) is 11.1 Å². The van der Waals surface area contributed by atoms with Gasteiger partial charge < -0.3 is 10.6 Å². The Balaban J connectivity index is 2.22. The van der Waals surface area contributed by atoms with E-state index in [1.54, 1.807) is 0 Å². The maximum atomic E-state index is 7.52. The highest BCUT2D eigenvalue weighted by Gasteiger charge is 2.08. The fraction of sp³-hybridized carbons (Fsp3) is 0.188. The summed E-state index contributed by atoms with van der Waals surface area (Å²) >= 11 is 3.57. The number of nitrogens with zero attached hydrogens (tertiary/aromatic N) is 1. The van der Waals surface area contributed by atoms with Gasteiger partial charge in [0.15, 0.2) is 0 Å². The van der Waals surface area contributed by atoms with Crippen molar-refractivity contribution in [1.29, 1.82) is 5.41 Å². The van der Waals surface area contributed by atoms with Gasteiger partial charge in [-0.15, -0.1) is 0 Å². The topological polar surface area (TPSA) is 53.1 Å². The zero-order chi connectivity index (χ0) is 14.7. The van der Waals surface area contributed by atoms with E-state index in [0.29, 0.717) is 0 Å². The molecule has 3 nitrogen and oxygen atoms in total. The highest BCUT2D eigenvalue weighted by molar-refractivity contribution is 9.10. The molecule has 2 rings (SSSR count). The summed E-state index contributed by atoms with van der Waals surface area (Å²) in [6.07, 6.45) is 0. The molecule has 3 N–H and O–H groups in total. The number of hydrogen-bond donors (Lipinski definition) is 2. The van der Waals surface area contributed by atoms with Gasteiger partial charge in [0.25, 0.3) is 0 Å². The van der Waals surface area contributed by atoms with E-state index in [0.717, 1.165) is 27.8 Å². The molecule has 0 fully saturated rings. The Morgan fingerprint density at radius 2 is 1.95 bits per heavy atom. The minimum atomic E-state index is 0.113. The second-order valence-corrected chi connectivity index (χ2v) is 5.71. The van der Waals surface area contributed by atoms with Crippen LogP contribution in [-0.2, 0) is 6.54 Å². The van der Waals surface area contributed by atoms with Crippen LogP contribution in [0.3, 0.4) is 0 Å². The molecule has 0 atom stereocenters. The molecular formula is C16H18BrN3. The smallest absolute Gasteiger partial charge is 0.123 e. The van der Waals surface area contributed by atoms with Crippen molar-refractivity contribution in [2.75, 3.05) is 11.9 Å². The zero-order valence-electron chi connectivity index (χ0n) is 11.7. The van der Waals surface area contributed by atoms with Crippen molar-refractivity contribution in [2.45, 2.75) is 13.5 Å². The van der Waals surface area contributed by atoms with E-state index in [1.807, 2.05) is 37.3 Å². The lowest BCUT2D eigenvalue weighted by molar-refractivity contribution is 0.917. The summed E-state index contributed by atoms with van der Waals surface area (Å²) in [6, 6.07) is 14.2. The molecule has 104 valence electrons. The van der Waals surface area contributed by atoms with E-state index in [1.165, 1.54) is 5.56 Å². The van der Waals surface area contributed by atoms with Crippen LogP contribution in [0.1, 0.15) is 16.7 Å². The van der Waals surface area contributed by atoms with Crippen LogP contribution < -0.4 is 10.6 Å². The number of nitrogen functional groups attached to an aromatic ring is 1. The van der Waals surface area contributed by atoms with Crippen LogP contribution in [0, 0.1) is 12.3 Å². The number of rotatable bonds is 4. The summed E-state index contributed by atoms with van der Waals surface area (Å²) < 4.78 is 1.11. The molecule has 0 amide bonds. The van der Waals surface area contributed by atoms with Crippen molar-refractivity contribution in [3.8, 4) is 0 Å². The van der Waals surface area contributed by atoms with Crippen molar-refractivity contribution >= 4 is 27.5 Å². The number of nitrogens with one attached hydrogen (secondary N) is 1. The van der Waals surface area contributed by atoms with E-state index < -0.39 is 0 Å². The molecule has 0 bridgehead atoms. The fourth-order valence-electron chi connectivity index (χ4n) is 2.16. The number of hydrogen-bond acceptors (Lipinski definition) is 2. The molecule has 2 aromatic carbocycles. The molecule has 0 radical (unpaired) electrons. The average Bonchev–Trinajstić information content (AvgIpc) is 2.40. The minimum Gasteiger partial charge on any atom is -0.384 e. The van der Waals surface area contributed by atoms with Gasteiger partial charge in [-0.05, 0) is 42.3 Å². The molecule has 0 aromatic heterocycles. The van der Waals surface area contributed by atoms with Gasteiger partial charge in [0.1, 0.15) is 5.84 Å². The first-order valence-electron chi connectivity index (χ1n) is 6.38. The Morgan fingerprint density at radius 3 is 2.55 bits per heavy atom. The molecule has 0 spiro atoms. The Morgan fingerprint density at radius 1 is 1.25 bits per heavy atom. The number of amidine groups is 1. The van der Waals surface area contributed by atoms with Crippen molar-refractivity contribution < 1.29 is 0 Å². The van der Waals surface area contributed by atoms with E-state index >= 15 is 0 Å². The van der Waals surface area contributed by atoms with Crippen molar-refractivity contribution in [2.24, 2.45) is 5.73 Å². The van der Waals surface area contributed by atoms with Gasteiger partial charge in [0, 0.05) is 29.3 Å². The largest absolute Gasteiger partial charge is 0.384 e. The second kappa shape index (κ2) is 6.09. The Bertz CT molecular complexity index is 637. The molecule has 0 saturated carbocycles. The predicted octanol–water partition coefficient (Wildman–Crippen LogP) is 3.68. The summed E-state index contributed by atoms with van der Waals surface area (Å²) in [7, 11) is 2.06. The number of nitrogens with two attached hydrogens (primary N) is 1. The summed E-state index contributed by atoms with van der Waals surface area (Å²) in [5, 5.41) is 7.52.